The highest BCUT2D eigenvalue weighted by atomic mass is 16.5. The number of benzene rings is 1. The fraction of sp³-hybridized carbons (Fsp3) is 0.333. The van der Waals surface area contributed by atoms with Crippen LogP contribution in [0.1, 0.15) is 25.8 Å². The van der Waals surface area contributed by atoms with Crippen molar-refractivity contribution in [3.8, 4) is 5.75 Å². The van der Waals surface area contributed by atoms with Crippen LogP contribution in [0.25, 0.3) is 6.08 Å². The Labute approximate surface area is 80.0 Å². The molecule has 13 heavy (non-hydrogen) atoms. The van der Waals surface area contributed by atoms with Crippen molar-refractivity contribution in [1.82, 2.24) is 0 Å². The molecule has 0 aromatic heterocycles. The molecule has 0 atom stereocenters. The summed E-state index contributed by atoms with van der Waals surface area (Å²) in [6, 6.07) is 8.13. The smallest absolute Gasteiger partial charge is 0.119 e. The van der Waals surface area contributed by atoms with Crippen molar-refractivity contribution >= 4 is 6.08 Å². The second kappa shape index (κ2) is 5.41. The summed E-state index contributed by atoms with van der Waals surface area (Å²) in [7, 11) is 0. The predicted molar refractivity (Wildman–Crippen MR) is 56.9 cm³/mol. The number of hydrogen-bond donors (Lipinski definition) is 0. The third-order valence-electron chi connectivity index (χ3n) is 1.71. The van der Waals surface area contributed by atoms with Crippen LogP contribution in [0.2, 0.25) is 0 Å². The minimum atomic E-state index is 0.795. The highest BCUT2D eigenvalue weighted by molar-refractivity contribution is 5.50. The van der Waals surface area contributed by atoms with E-state index in [-0.39, 0.29) is 0 Å². The molecule has 0 aliphatic rings. The molecule has 1 aromatic rings. The molecular weight excluding hydrogens is 160 g/mol. The lowest BCUT2D eigenvalue weighted by Crippen LogP contribution is -1.94. The average molecular weight is 176 g/mol. The lowest BCUT2D eigenvalue weighted by atomic mass is 10.2. The number of rotatable bonds is 4. The van der Waals surface area contributed by atoms with Crippen LogP contribution in [0, 0.1) is 0 Å². The Kier molecular flexibility index (Phi) is 4.10. The van der Waals surface area contributed by atoms with Crippen molar-refractivity contribution in [1.29, 1.82) is 0 Å². The molecule has 0 fully saturated rings. The molecule has 0 radical (unpaired) electrons. The lowest BCUT2D eigenvalue weighted by molar-refractivity contribution is 0.317. The second-order valence-corrected chi connectivity index (χ2v) is 2.92. The maximum Gasteiger partial charge on any atom is 0.119 e. The van der Waals surface area contributed by atoms with Crippen LogP contribution in [0.4, 0.5) is 0 Å². The largest absolute Gasteiger partial charge is 0.494 e. The van der Waals surface area contributed by atoms with Crippen molar-refractivity contribution in [2.24, 2.45) is 0 Å². The Morgan fingerprint density at radius 1 is 1.23 bits per heavy atom. The van der Waals surface area contributed by atoms with E-state index in [2.05, 4.69) is 25.1 Å². The average Bonchev–Trinajstić information content (AvgIpc) is 2.17. The van der Waals surface area contributed by atoms with Gasteiger partial charge in [0.25, 0.3) is 0 Å². The first-order valence-electron chi connectivity index (χ1n) is 4.72. The van der Waals surface area contributed by atoms with E-state index in [0.29, 0.717) is 0 Å². The number of allylic oxidation sites excluding steroid dienone is 1. The molecule has 1 nitrogen and oxygen atoms in total. The maximum absolute atomic E-state index is 5.46. The van der Waals surface area contributed by atoms with Gasteiger partial charge in [0.2, 0.25) is 0 Å². The summed E-state index contributed by atoms with van der Waals surface area (Å²) in [4.78, 5) is 0. The van der Waals surface area contributed by atoms with Gasteiger partial charge in [0.1, 0.15) is 5.75 Å². The molecule has 0 heterocycles. The minimum absolute atomic E-state index is 0.795. The third-order valence-corrected chi connectivity index (χ3v) is 1.71. The molecule has 0 aliphatic carbocycles. The summed E-state index contributed by atoms with van der Waals surface area (Å²) < 4.78 is 5.46. The summed E-state index contributed by atoms with van der Waals surface area (Å²) in [5.74, 6) is 0.954. The molecule has 0 unspecified atom stereocenters. The van der Waals surface area contributed by atoms with Gasteiger partial charge in [-0.05, 0) is 31.0 Å². The Morgan fingerprint density at radius 3 is 2.46 bits per heavy atom. The van der Waals surface area contributed by atoms with Gasteiger partial charge in [-0.25, -0.2) is 0 Å². The fourth-order valence-electron chi connectivity index (χ4n) is 1.09. The van der Waals surface area contributed by atoms with Gasteiger partial charge in [0, 0.05) is 0 Å². The van der Waals surface area contributed by atoms with E-state index in [1.165, 1.54) is 5.56 Å². The molecule has 0 saturated heterocycles. The van der Waals surface area contributed by atoms with E-state index in [0.717, 1.165) is 18.8 Å². The van der Waals surface area contributed by atoms with E-state index < -0.39 is 0 Å². The molecule has 1 rings (SSSR count). The number of hydrogen-bond acceptors (Lipinski definition) is 1. The summed E-state index contributed by atoms with van der Waals surface area (Å²) in [5.41, 5.74) is 1.21. The standard InChI is InChI=1S/C12H16O/c1-3-5-11-6-8-12(9-7-11)13-10-4-2/h3,5-9H,4,10H2,1-2H3. The Hall–Kier alpha value is -1.24. The summed E-state index contributed by atoms with van der Waals surface area (Å²) in [6.07, 6.45) is 5.15. The first-order valence-corrected chi connectivity index (χ1v) is 4.72. The van der Waals surface area contributed by atoms with Crippen molar-refractivity contribution < 1.29 is 4.74 Å². The molecule has 1 aromatic carbocycles. The highest BCUT2D eigenvalue weighted by Crippen LogP contribution is 2.13. The third kappa shape index (κ3) is 3.32. The quantitative estimate of drug-likeness (QED) is 0.682. The lowest BCUT2D eigenvalue weighted by Gasteiger charge is -2.03. The Bertz CT molecular complexity index is 259. The van der Waals surface area contributed by atoms with Gasteiger partial charge >= 0.3 is 0 Å². The molecular formula is C12H16O. The second-order valence-electron chi connectivity index (χ2n) is 2.92. The van der Waals surface area contributed by atoms with Gasteiger partial charge in [0.15, 0.2) is 0 Å². The zero-order chi connectivity index (χ0) is 9.52. The van der Waals surface area contributed by atoms with Crippen molar-refractivity contribution in [2.75, 3.05) is 6.61 Å². The SMILES string of the molecule is CC=Cc1ccc(OCCC)cc1. The topological polar surface area (TPSA) is 9.23 Å². The Balaban J connectivity index is 2.58. The number of ether oxygens (including phenoxy) is 1. The summed E-state index contributed by atoms with van der Waals surface area (Å²) >= 11 is 0. The van der Waals surface area contributed by atoms with E-state index in [4.69, 9.17) is 4.74 Å². The van der Waals surface area contributed by atoms with E-state index in [1.54, 1.807) is 0 Å². The van der Waals surface area contributed by atoms with Crippen LogP contribution < -0.4 is 4.74 Å². The fourth-order valence-corrected chi connectivity index (χ4v) is 1.09. The van der Waals surface area contributed by atoms with Crippen LogP contribution in [-0.4, -0.2) is 6.61 Å². The molecule has 70 valence electrons. The highest BCUT2D eigenvalue weighted by Gasteiger charge is 1.91. The van der Waals surface area contributed by atoms with Crippen LogP contribution in [0.15, 0.2) is 30.3 Å². The molecule has 0 spiro atoms. The first-order chi connectivity index (χ1) is 6.36. The zero-order valence-corrected chi connectivity index (χ0v) is 8.29. The van der Waals surface area contributed by atoms with Crippen LogP contribution in [-0.2, 0) is 0 Å². The van der Waals surface area contributed by atoms with E-state index >= 15 is 0 Å². The summed E-state index contributed by atoms with van der Waals surface area (Å²) in [6.45, 7) is 4.92. The van der Waals surface area contributed by atoms with Crippen LogP contribution in [0.3, 0.4) is 0 Å². The van der Waals surface area contributed by atoms with Gasteiger partial charge < -0.3 is 4.74 Å². The van der Waals surface area contributed by atoms with Gasteiger partial charge in [-0.15, -0.1) is 0 Å². The van der Waals surface area contributed by atoms with Crippen molar-refractivity contribution in [3.63, 3.8) is 0 Å². The first kappa shape index (κ1) is 9.85. The molecule has 0 bridgehead atoms. The van der Waals surface area contributed by atoms with E-state index in [1.807, 2.05) is 25.1 Å². The predicted octanol–water partition coefficient (Wildman–Crippen LogP) is 3.51. The summed E-state index contributed by atoms with van der Waals surface area (Å²) in [5, 5.41) is 0. The molecule has 0 saturated carbocycles. The van der Waals surface area contributed by atoms with Crippen LogP contribution in [0.5, 0.6) is 5.75 Å². The van der Waals surface area contributed by atoms with Crippen LogP contribution >= 0.6 is 0 Å². The maximum atomic E-state index is 5.46. The van der Waals surface area contributed by atoms with Gasteiger partial charge in [-0.3, -0.25) is 0 Å². The molecule has 1 heteroatoms. The normalized spacial score (nSPS) is 10.6. The van der Waals surface area contributed by atoms with Gasteiger partial charge in [-0.2, -0.15) is 0 Å². The molecule has 0 N–H and O–H groups in total. The monoisotopic (exact) mass is 176 g/mol. The van der Waals surface area contributed by atoms with Crippen molar-refractivity contribution in [2.45, 2.75) is 20.3 Å². The van der Waals surface area contributed by atoms with Crippen molar-refractivity contribution in [3.05, 3.63) is 35.9 Å². The van der Waals surface area contributed by atoms with Gasteiger partial charge in [-0.1, -0.05) is 31.2 Å². The molecule has 0 amide bonds. The van der Waals surface area contributed by atoms with E-state index in [9.17, 15) is 0 Å². The molecule has 0 aliphatic heterocycles. The Morgan fingerprint density at radius 2 is 1.92 bits per heavy atom. The van der Waals surface area contributed by atoms with Gasteiger partial charge in [0.05, 0.1) is 6.61 Å². The minimum Gasteiger partial charge on any atom is -0.494 e. The zero-order valence-electron chi connectivity index (χ0n) is 8.29.